The average Bonchev–Trinajstić information content (AvgIpc) is 2.94. The first-order chi connectivity index (χ1) is 14.9. The molecule has 8 atom stereocenters. The number of carbonyl (C=O) groups excluding carboxylic acids is 3. The standard InChI is InChI=1S/C25H33ClO6/c1-5-21(30)32-13-20(29)25(31)14(2)10-18-17-7-6-15-11-16(27)8-9-22(15,3)24(17,26)19(28)12-23(18,25)4/h8-9,11,14,17-19,28,31H,5-7,10,12-13H2,1-4H3/t14-,17-,18-,19-,22-,23-,24+,25-/m0/s1. The molecule has 0 aromatic heterocycles. The Bertz CT molecular complexity index is 925. The molecule has 6 nitrogen and oxygen atoms in total. The van der Waals surface area contributed by atoms with E-state index in [1.165, 1.54) is 6.08 Å². The van der Waals surface area contributed by atoms with Crippen LogP contribution in [0.15, 0.2) is 23.8 Å². The number of ether oxygens (including phenoxy) is 1. The molecular formula is C25H33ClO6. The average molecular weight is 465 g/mol. The van der Waals surface area contributed by atoms with Gasteiger partial charge in [-0.3, -0.25) is 14.4 Å². The third-order valence-electron chi connectivity index (χ3n) is 9.30. The zero-order chi connectivity index (χ0) is 23.7. The van der Waals surface area contributed by atoms with Gasteiger partial charge in [-0.05, 0) is 55.6 Å². The van der Waals surface area contributed by atoms with Gasteiger partial charge in [-0.2, -0.15) is 0 Å². The Hall–Kier alpha value is -1.50. The number of allylic oxidation sites excluding steroid dienone is 4. The van der Waals surface area contributed by atoms with E-state index in [1.54, 1.807) is 13.0 Å². The number of carbonyl (C=O) groups is 3. The maximum atomic E-state index is 13.2. The molecule has 176 valence electrons. The first-order valence-electron chi connectivity index (χ1n) is 11.6. The van der Waals surface area contributed by atoms with E-state index in [2.05, 4.69) is 0 Å². The minimum atomic E-state index is -1.72. The Kier molecular flexibility index (Phi) is 5.55. The molecule has 3 fully saturated rings. The van der Waals surface area contributed by atoms with E-state index >= 15 is 0 Å². The van der Waals surface area contributed by atoms with Gasteiger partial charge in [-0.25, -0.2) is 0 Å². The molecule has 7 heteroatoms. The highest BCUT2D eigenvalue weighted by Gasteiger charge is 2.74. The fraction of sp³-hybridized carbons (Fsp3) is 0.720. The Morgan fingerprint density at radius 1 is 1.28 bits per heavy atom. The van der Waals surface area contributed by atoms with Crippen LogP contribution in [-0.4, -0.2) is 50.9 Å². The summed E-state index contributed by atoms with van der Waals surface area (Å²) in [6.45, 7) is 6.87. The van der Waals surface area contributed by atoms with E-state index in [9.17, 15) is 24.6 Å². The quantitative estimate of drug-likeness (QED) is 0.489. The van der Waals surface area contributed by atoms with E-state index in [0.717, 1.165) is 5.57 Å². The zero-order valence-corrected chi connectivity index (χ0v) is 19.9. The summed E-state index contributed by atoms with van der Waals surface area (Å²) in [7, 11) is 0. The molecule has 0 aromatic rings. The van der Waals surface area contributed by atoms with Crippen LogP contribution in [0.3, 0.4) is 0 Å². The molecule has 0 radical (unpaired) electrons. The van der Waals surface area contributed by atoms with Gasteiger partial charge in [-0.1, -0.05) is 39.3 Å². The number of ketones is 2. The molecule has 0 unspecified atom stereocenters. The third kappa shape index (κ3) is 2.82. The highest BCUT2D eigenvalue weighted by atomic mass is 35.5. The van der Waals surface area contributed by atoms with Gasteiger partial charge in [-0.15, -0.1) is 11.6 Å². The summed E-state index contributed by atoms with van der Waals surface area (Å²) in [4.78, 5) is 35.8. The Balaban J connectivity index is 1.73. The van der Waals surface area contributed by atoms with Crippen molar-refractivity contribution >= 4 is 29.1 Å². The molecule has 3 saturated carbocycles. The Labute approximate surface area is 194 Å². The summed E-state index contributed by atoms with van der Waals surface area (Å²) >= 11 is 7.37. The van der Waals surface area contributed by atoms with Crippen molar-refractivity contribution in [1.29, 1.82) is 0 Å². The molecule has 2 N–H and O–H groups in total. The lowest BCUT2D eigenvalue weighted by molar-refractivity contribution is -0.182. The number of hydrogen-bond acceptors (Lipinski definition) is 6. The second kappa shape index (κ2) is 7.51. The highest BCUT2D eigenvalue weighted by molar-refractivity contribution is 6.26. The van der Waals surface area contributed by atoms with E-state index in [0.29, 0.717) is 19.3 Å². The third-order valence-corrected chi connectivity index (χ3v) is 10.2. The number of esters is 1. The fourth-order valence-electron chi connectivity index (χ4n) is 7.50. The molecule has 0 aliphatic heterocycles. The van der Waals surface area contributed by atoms with Crippen molar-refractivity contribution in [1.82, 2.24) is 0 Å². The topological polar surface area (TPSA) is 101 Å². The van der Waals surface area contributed by atoms with Gasteiger partial charge < -0.3 is 14.9 Å². The molecule has 4 aliphatic carbocycles. The van der Waals surface area contributed by atoms with Crippen LogP contribution in [0, 0.1) is 28.6 Å². The van der Waals surface area contributed by atoms with Crippen molar-refractivity contribution in [2.75, 3.05) is 6.61 Å². The van der Waals surface area contributed by atoms with Crippen LogP contribution in [0.2, 0.25) is 0 Å². The van der Waals surface area contributed by atoms with Gasteiger partial charge >= 0.3 is 5.97 Å². The molecule has 0 amide bonds. The number of halogens is 1. The van der Waals surface area contributed by atoms with Gasteiger partial charge in [0, 0.05) is 17.3 Å². The summed E-state index contributed by atoms with van der Waals surface area (Å²) in [6, 6.07) is 0. The number of aliphatic hydroxyl groups is 2. The van der Waals surface area contributed by atoms with E-state index in [1.807, 2.05) is 26.8 Å². The molecule has 0 aromatic carbocycles. The molecular weight excluding hydrogens is 432 g/mol. The van der Waals surface area contributed by atoms with E-state index in [4.69, 9.17) is 16.3 Å². The van der Waals surface area contributed by atoms with Crippen molar-refractivity contribution in [3.8, 4) is 0 Å². The predicted molar refractivity (Wildman–Crippen MR) is 119 cm³/mol. The largest absolute Gasteiger partial charge is 0.458 e. The molecule has 4 rings (SSSR count). The molecule has 0 spiro atoms. The van der Waals surface area contributed by atoms with Gasteiger partial charge in [0.1, 0.15) is 5.60 Å². The Morgan fingerprint density at radius 2 is 1.97 bits per heavy atom. The molecule has 0 saturated heterocycles. The van der Waals surface area contributed by atoms with Crippen LogP contribution >= 0.6 is 11.6 Å². The zero-order valence-electron chi connectivity index (χ0n) is 19.2. The SMILES string of the molecule is CCC(=O)OCC(=O)[C@@]1(O)[C@@H](C)C[C@H]2[C@@H]3CCC4=CC(=O)C=C[C@]4(C)[C@]3(Cl)[C@@H](O)C[C@@]21C. The predicted octanol–water partition coefficient (Wildman–Crippen LogP) is 3.13. The van der Waals surface area contributed by atoms with Crippen molar-refractivity contribution in [2.24, 2.45) is 28.6 Å². The van der Waals surface area contributed by atoms with Crippen LogP contribution in [0.1, 0.15) is 59.8 Å². The lowest BCUT2D eigenvalue weighted by Crippen LogP contribution is -2.69. The molecule has 32 heavy (non-hydrogen) atoms. The normalized spacial score (nSPS) is 47.2. The summed E-state index contributed by atoms with van der Waals surface area (Å²) in [5.41, 5.74) is -2.38. The van der Waals surface area contributed by atoms with Gasteiger partial charge in [0.15, 0.2) is 12.4 Å². The van der Waals surface area contributed by atoms with E-state index < -0.39 is 45.8 Å². The first kappa shape index (κ1) is 23.7. The van der Waals surface area contributed by atoms with Crippen LogP contribution in [0.5, 0.6) is 0 Å². The van der Waals surface area contributed by atoms with Crippen molar-refractivity contribution in [2.45, 2.75) is 76.4 Å². The van der Waals surface area contributed by atoms with Gasteiger partial charge in [0.05, 0.1) is 11.0 Å². The molecule has 0 heterocycles. The van der Waals surface area contributed by atoms with Crippen molar-refractivity contribution in [3.05, 3.63) is 23.8 Å². The van der Waals surface area contributed by atoms with Crippen LogP contribution < -0.4 is 0 Å². The lowest BCUT2D eigenvalue weighted by Gasteiger charge is -2.63. The van der Waals surface area contributed by atoms with Crippen molar-refractivity contribution in [3.63, 3.8) is 0 Å². The first-order valence-corrected chi connectivity index (χ1v) is 12.0. The summed E-state index contributed by atoms with van der Waals surface area (Å²) in [6.07, 6.45) is 6.24. The summed E-state index contributed by atoms with van der Waals surface area (Å²) in [5.74, 6) is -1.70. The highest BCUT2D eigenvalue weighted by Crippen LogP contribution is 2.71. The van der Waals surface area contributed by atoms with E-state index in [-0.39, 0.29) is 36.4 Å². The monoisotopic (exact) mass is 464 g/mol. The molecule has 4 aliphatic rings. The maximum absolute atomic E-state index is 13.2. The second-order valence-corrected chi connectivity index (χ2v) is 11.2. The maximum Gasteiger partial charge on any atom is 0.305 e. The number of Topliss-reactive ketones (excluding diaryl/α,β-unsaturated/α-hetero) is 1. The fourth-order valence-corrected chi connectivity index (χ4v) is 8.02. The minimum absolute atomic E-state index is 0.0672. The smallest absolute Gasteiger partial charge is 0.305 e. The number of hydrogen-bond donors (Lipinski definition) is 2. The number of aliphatic hydroxyl groups excluding tert-OH is 1. The summed E-state index contributed by atoms with van der Waals surface area (Å²) < 4.78 is 5.07. The Morgan fingerprint density at radius 3 is 2.62 bits per heavy atom. The summed E-state index contributed by atoms with van der Waals surface area (Å²) in [5, 5.41) is 23.3. The van der Waals surface area contributed by atoms with Gasteiger partial charge in [0.2, 0.25) is 5.78 Å². The number of alkyl halides is 1. The number of fused-ring (bicyclic) bond motifs is 5. The molecule has 0 bridgehead atoms. The van der Waals surface area contributed by atoms with Crippen LogP contribution in [-0.2, 0) is 19.1 Å². The van der Waals surface area contributed by atoms with Crippen molar-refractivity contribution < 1.29 is 29.3 Å². The minimum Gasteiger partial charge on any atom is -0.458 e. The van der Waals surface area contributed by atoms with Gasteiger partial charge in [0.25, 0.3) is 0 Å². The van der Waals surface area contributed by atoms with Crippen LogP contribution in [0.4, 0.5) is 0 Å². The second-order valence-electron chi connectivity index (χ2n) is 10.6. The lowest BCUT2D eigenvalue weighted by atomic mass is 9.45. The van der Waals surface area contributed by atoms with Crippen LogP contribution in [0.25, 0.3) is 0 Å². The number of rotatable bonds is 4.